The smallest absolute Gasteiger partial charge is 0.326 e. The van der Waals surface area contributed by atoms with Crippen molar-refractivity contribution in [3.05, 3.63) is 29.8 Å². The van der Waals surface area contributed by atoms with Gasteiger partial charge >= 0.3 is 12.0 Å². The van der Waals surface area contributed by atoms with Gasteiger partial charge in [0.1, 0.15) is 11.8 Å². The Bertz CT molecular complexity index is 447. The zero-order chi connectivity index (χ0) is 15.0. The van der Waals surface area contributed by atoms with Crippen molar-refractivity contribution in [1.29, 1.82) is 0 Å². The van der Waals surface area contributed by atoms with Gasteiger partial charge in [0.25, 0.3) is 0 Å². The van der Waals surface area contributed by atoms with Gasteiger partial charge in [0.05, 0.1) is 7.11 Å². The predicted molar refractivity (Wildman–Crippen MR) is 71.5 cm³/mol. The Kier molecular flexibility index (Phi) is 6.31. The first-order valence-corrected chi connectivity index (χ1v) is 6.07. The van der Waals surface area contributed by atoms with Crippen LogP contribution < -0.4 is 15.4 Å². The van der Waals surface area contributed by atoms with E-state index < -0.39 is 18.0 Å². The molecule has 0 aliphatic heterocycles. The van der Waals surface area contributed by atoms with Crippen LogP contribution in [-0.2, 0) is 11.3 Å². The molecule has 4 N–H and O–H groups in total. The lowest BCUT2D eigenvalue weighted by molar-refractivity contribution is -0.139. The maximum atomic E-state index is 11.5. The third-order valence-corrected chi connectivity index (χ3v) is 2.63. The van der Waals surface area contributed by atoms with Crippen LogP contribution in [0.2, 0.25) is 0 Å². The highest BCUT2D eigenvalue weighted by Gasteiger charge is 2.18. The first-order valence-electron chi connectivity index (χ1n) is 6.07. The Labute approximate surface area is 116 Å². The van der Waals surface area contributed by atoms with E-state index in [4.69, 9.17) is 14.9 Å². The minimum atomic E-state index is -1.18. The number of hydrogen-bond acceptors (Lipinski definition) is 4. The Morgan fingerprint density at radius 1 is 1.30 bits per heavy atom. The normalized spacial score (nSPS) is 11.5. The van der Waals surface area contributed by atoms with Crippen molar-refractivity contribution in [2.45, 2.75) is 19.0 Å². The van der Waals surface area contributed by atoms with Crippen molar-refractivity contribution in [3.63, 3.8) is 0 Å². The molecule has 7 heteroatoms. The van der Waals surface area contributed by atoms with E-state index in [0.717, 1.165) is 5.56 Å². The van der Waals surface area contributed by atoms with Crippen LogP contribution in [0.4, 0.5) is 4.79 Å². The summed E-state index contributed by atoms with van der Waals surface area (Å²) in [6.45, 7) is -0.0446. The van der Waals surface area contributed by atoms with Crippen molar-refractivity contribution in [3.8, 4) is 5.75 Å². The lowest BCUT2D eigenvalue weighted by Crippen LogP contribution is -2.46. The second kappa shape index (κ2) is 8.00. The van der Waals surface area contributed by atoms with Crippen LogP contribution in [-0.4, -0.2) is 42.0 Å². The van der Waals surface area contributed by atoms with Gasteiger partial charge in [-0.1, -0.05) is 12.1 Å². The lowest BCUT2D eigenvalue weighted by atomic mass is 10.2. The summed E-state index contributed by atoms with van der Waals surface area (Å²) in [6, 6.07) is 5.42. The number of aliphatic hydroxyl groups excluding tert-OH is 1. The summed E-state index contributed by atoms with van der Waals surface area (Å²) in [5, 5.41) is 22.4. The Morgan fingerprint density at radius 2 is 1.95 bits per heavy atom. The van der Waals surface area contributed by atoms with E-state index in [1.165, 1.54) is 0 Å². The molecular formula is C13H18N2O5. The van der Waals surface area contributed by atoms with Gasteiger partial charge in [-0.25, -0.2) is 9.59 Å². The van der Waals surface area contributed by atoms with Gasteiger partial charge in [0.2, 0.25) is 0 Å². The molecular weight excluding hydrogens is 264 g/mol. The molecule has 0 aromatic heterocycles. The summed E-state index contributed by atoms with van der Waals surface area (Å²) < 4.78 is 5.01. The number of rotatable bonds is 7. The number of aliphatic hydroxyl groups is 1. The number of carbonyl (C=O) groups is 2. The van der Waals surface area contributed by atoms with Gasteiger partial charge in [0.15, 0.2) is 0 Å². The highest BCUT2D eigenvalue weighted by atomic mass is 16.5. The fourth-order valence-electron chi connectivity index (χ4n) is 1.52. The third kappa shape index (κ3) is 5.15. The molecule has 0 aliphatic rings. The number of methoxy groups -OCH3 is 1. The first-order chi connectivity index (χ1) is 9.56. The van der Waals surface area contributed by atoms with Gasteiger partial charge in [0, 0.05) is 19.6 Å². The topological polar surface area (TPSA) is 108 Å². The Balaban J connectivity index is 2.43. The molecule has 0 spiro atoms. The first kappa shape index (κ1) is 15.8. The molecule has 20 heavy (non-hydrogen) atoms. The molecule has 0 fully saturated rings. The fourth-order valence-corrected chi connectivity index (χ4v) is 1.52. The molecule has 0 bridgehead atoms. The second-order valence-corrected chi connectivity index (χ2v) is 4.08. The number of ether oxygens (including phenoxy) is 1. The largest absolute Gasteiger partial charge is 0.497 e. The molecule has 1 atom stereocenters. The molecule has 1 aromatic carbocycles. The van der Waals surface area contributed by atoms with Crippen molar-refractivity contribution >= 4 is 12.0 Å². The molecule has 0 saturated carbocycles. The van der Waals surface area contributed by atoms with Crippen LogP contribution in [0.1, 0.15) is 12.0 Å². The molecule has 0 heterocycles. The van der Waals surface area contributed by atoms with Crippen LogP contribution in [0.25, 0.3) is 0 Å². The number of carboxylic acids is 1. The lowest BCUT2D eigenvalue weighted by Gasteiger charge is -2.14. The van der Waals surface area contributed by atoms with Gasteiger partial charge < -0.3 is 25.6 Å². The third-order valence-electron chi connectivity index (χ3n) is 2.63. The molecule has 2 amide bonds. The van der Waals surface area contributed by atoms with Crippen molar-refractivity contribution in [2.75, 3.05) is 13.7 Å². The Morgan fingerprint density at radius 3 is 2.45 bits per heavy atom. The molecule has 7 nitrogen and oxygen atoms in total. The molecule has 1 rings (SSSR count). The van der Waals surface area contributed by atoms with Crippen LogP contribution in [0.15, 0.2) is 24.3 Å². The van der Waals surface area contributed by atoms with Gasteiger partial charge in [-0.15, -0.1) is 0 Å². The van der Waals surface area contributed by atoms with Gasteiger partial charge in [-0.3, -0.25) is 0 Å². The minimum Gasteiger partial charge on any atom is -0.497 e. The number of urea groups is 1. The molecule has 1 aromatic rings. The van der Waals surface area contributed by atoms with Gasteiger partial charge in [-0.2, -0.15) is 0 Å². The average Bonchev–Trinajstić information content (AvgIpc) is 2.45. The quantitative estimate of drug-likeness (QED) is 0.576. The standard InChI is InChI=1S/C13H18N2O5/c1-20-10-4-2-9(3-5-10)8-14-13(19)15-11(6-7-16)12(17)18/h2-5,11,16H,6-8H2,1H3,(H,17,18)(H2,14,15,19)/t11-/m1/s1. The molecule has 0 unspecified atom stereocenters. The van der Waals surface area contributed by atoms with E-state index in [-0.39, 0.29) is 19.6 Å². The monoisotopic (exact) mass is 282 g/mol. The highest BCUT2D eigenvalue weighted by Crippen LogP contribution is 2.10. The van der Waals surface area contributed by atoms with Crippen molar-refractivity contribution < 1.29 is 24.5 Å². The van der Waals surface area contributed by atoms with E-state index in [1.54, 1.807) is 31.4 Å². The number of aliphatic carboxylic acids is 1. The molecule has 0 saturated heterocycles. The van der Waals surface area contributed by atoms with Crippen LogP contribution in [0.3, 0.4) is 0 Å². The number of amides is 2. The number of carboxylic acid groups (broad SMARTS) is 1. The van der Waals surface area contributed by atoms with Crippen LogP contribution in [0, 0.1) is 0 Å². The minimum absolute atomic E-state index is 0.0364. The number of carbonyl (C=O) groups excluding carboxylic acids is 1. The summed E-state index contributed by atoms with van der Waals surface area (Å²) >= 11 is 0. The molecule has 0 radical (unpaired) electrons. The summed E-state index contributed by atoms with van der Waals surface area (Å²) in [6.07, 6.45) is -0.0364. The van der Waals surface area contributed by atoms with Crippen LogP contribution >= 0.6 is 0 Å². The maximum absolute atomic E-state index is 11.5. The van der Waals surface area contributed by atoms with Crippen molar-refractivity contribution in [1.82, 2.24) is 10.6 Å². The van der Waals surface area contributed by atoms with E-state index in [0.29, 0.717) is 5.75 Å². The van der Waals surface area contributed by atoms with E-state index in [9.17, 15) is 9.59 Å². The zero-order valence-corrected chi connectivity index (χ0v) is 11.1. The van der Waals surface area contributed by atoms with E-state index >= 15 is 0 Å². The number of benzene rings is 1. The summed E-state index contributed by atoms with van der Waals surface area (Å²) in [7, 11) is 1.56. The van der Waals surface area contributed by atoms with Gasteiger partial charge in [-0.05, 0) is 17.7 Å². The van der Waals surface area contributed by atoms with E-state index in [2.05, 4.69) is 10.6 Å². The fraction of sp³-hybridized carbons (Fsp3) is 0.385. The van der Waals surface area contributed by atoms with Crippen LogP contribution in [0.5, 0.6) is 5.75 Å². The maximum Gasteiger partial charge on any atom is 0.326 e. The highest BCUT2D eigenvalue weighted by molar-refractivity contribution is 5.82. The van der Waals surface area contributed by atoms with Crippen molar-refractivity contribution in [2.24, 2.45) is 0 Å². The van der Waals surface area contributed by atoms with E-state index in [1.807, 2.05) is 0 Å². The summed E-state index contributed by atoms with van der Waals surface area (Å²) in [5.74, 6) is -0.467. The summed E-state index contributed by atoms with van der Waals surface area (Å²) in [4.78, 5) is 22.3. The molecule has 0 aliphatic carbocycles. The Hall–Kier alpha value is -2.28. The SMILES string of the molecule is COc1ccc(CNC(=O)N[C@H](CCO)C(=O)O)cc1. The average molecular weight is 282 g/mol. The number of hydrogen-bond donors (Lipinski definition) is 4. The second-order valence-electron chi connectivity index (χ2n) is 4.08. The number of nitrogens with one attached hydrogen (secondary N) is 2. The molecule has 110 valence electrons. The summed E-state index contributed by atoms with van der Waals surface area (Å²) in [5.41, 5.74) is 0.856. The zero-order valence-electron chi connectivity index (χ0n) is 11.1. The predicted octanol–water partition coefficient (Wildman–Crippen LogP) is 0.330.